The van der Waals surface area contributed by atoms with Crippen LogP contribution in [-0.4, -0.2) is 39.1 Å². The van der Waals surface area contributed by atoms with Gasteiger partial charge in [-0.2, -0.15) is 0 Å². The van der Waals surface area contributed by atoms with Crippen molar-refractivity contribution in [2.24, 2.45) is 5.73 Å². The number of H-pyrrole nitrogens is 1. The predicted octanol–water partition coefficient (Wildman–Crippen LogP) is 2.56. The zero-order chi connectivity index (χ0) is 18.1. The highest BCUT2D eigenvalue weighted by Gasteiger charge is 2.30. The molecular formula is C18H21FN6O. The van der Waals surface area contributed by atoms with Crippen molar-refractivity contribution in [3.8, 4) is 5.88 Å². The normalized spacial score (nSPS) is 18.4. The van der Waals surface area contributed by atoms with Crippen LogP contribution in [0, 0.1) is 5.82 Å². The topological polar surface area (TPSA) is 93.0 Å². The van der Waals surface area contributed by atoms with E-state index in [0.717, 1.165) is 36.3 Å². The monoisotopic (exact) mass is 356 g/mol. The van der Waals surface area contributed by atoms with Crippen LogP contribution < -0.4 is 15.4 Å². The highest BCUT2D eigenvalue weighted by Crippen LogP contribution is 2.39. The molecule has 1 aliphatic rings. The average Bonchev–Trinajstić information content (AvgIpc) is 3.28. The van der Waals surface area contributed by atoms with Crippen molar-refractivity contribution in [1.82, 2.24) is 19.9 Å². The lowest BCUT2D eigenvalue weighted by Crippen LogP contribution is -2.27. The minimum atomic E-state index is -0.379. The Morgan fingerprint density at radius 3 is 3.15 bits per heavy atom. The summed E-state index contributed by atoms with van der Waals surface area (Å²) in [5, 5.41) is 0. The van der Waals surface area contributed by atoms with Crippen molar-refractivity contribution in [1.29, 1.82) is 0 Å². The molecule has 1 aliphatic heterocycles. The first-order valence-corrected chi connectivity index (χ1v) is 8.72. The molecule has 1 unspecified atom stereocenters. The number of nitrogens with two attached hydrogens (primary N) is 1. The number of pyridine rings is 2. The quantitative estimate of drug-likeness (QED) is 0.730. The second-order valence-corrected chi connectivity index (χ2v) is 6.63. The summed E-state index contributed by atoms with van der Waals surface area (Å²) in [7, 11) is 0. The average molecular weight is 356 g/mol. The molecule has 26 heavy (non-hydrogen) atoms. The molecule has 0 saturated carbocycles. The van der Waals surface area contributed by atoms with Gasteiger partial charge in [0.15, 0.2) is 5.65 Å². The summed E-state index contributed by atoms with van der Waals surface area (Å²) in [4.78, 5) is 18.2. The molecule has 3 aromatic heterocycles. The number of fused-ring (bicyclic) bond motifs is 1. The van der Waals surface area contributed by atoms with Crippen LogP contribution in [0.3, 0.4) is 0 Å². The van der Waals surface area contributed by atoms with Gasteiger partial charge in [-0.05, 0) is 38.0 Å². The molecule has 4 heterocycles. The first-order valence-electron chi connectivity index (χ1n) is 8.72. The second-order valence-electron chi connectivity index (χ2n) is 6.63. The Kier molecular flexibility index (Phi) is 4.42. The second kappa shape index (κ2) is 6.87. The van der Waals surface area contributed by atoms with Crippen molar-refractivity contribution in [3.63, 3.8) is 0 Å². The molecule has 7 nitrogen and oxygen atoms in total. The molecule has 0 aliphatic carbocycles. The summed E-state index contributed by atoms with van der Waals surface area (Å²) in [6.45, 7) is 3.01. The number of aromatic amines is 1. The summed E-state index contributed by atoms with van der Waals surface area (Å²) in [5.74, 6) is 0.867. The number of halogens is 1. The van der Waals surface area contributed by atoms with E-state index in [1.165, 1.54) is 12.3 Å². The van der Waals surface area contributed by atoms with E-state index < -0.39 is 0 Å². The molecule has 3 N–H and O–H groups in total. The lowest BCUT2D eigenvalue weighted by atomic mass is 10.1. The third kappa shape index (κ3) is 3.20. The standard InChI is InChI=1S/C18H21FN6O/c1-11(20)9-26-18-13(7-12(19)8-21-18)15-3-2-6-25(15)16-5-4-14-17(24-16)23-10-22-14/h4-5,7-8,10-11,15H,2-3,6,9,20H2,1H3,(H,22,23,24)/t11-,15?/m1/s1. The third-order valence-corrected chi connectivity index (χ3v) is 4.50. The Morgan fingerprint density at radius 1 is 1.42 bits per heavy atom. The Balaban J connectivity index is 1.68. The molecule has 1 saturated heterocycles. The van der Waals surface area contributed by atoms with Gasteiger partial charge in [-0.25, -0.2) is 19.3 Å². The molecule has 1 fully saturated rings. The molecule has 0 spiro atoms. The molecule has 3 aromatic rings. The zero-order valence-electron chi connectivity index (χ0n) is 14.5. The number of rotatable bonds is 5. The molecule has 2 atom stereocenters. The summed E-state index contributed by atoms with van der Waals surface area (Å²) < 4.78 is 19.6. The van der Waals surface area contributed by atoms with Crippen molar-refractivity contribution in [2.75, 3.05) is 18.1 Å². The minimum Gasteiger partial charge on any atom is -0.476 e. The minimum absolute atomic E-state index is 0.0508. The van der Waals surface area contributed by atoms with Crippen molar-refractivity contribution < 1.29 is 9.13 Å². The third-order valence-electron chi connectivity index (χ3n) is 4.50. The fourth-order valence-corrected chi connectivity index (χ4v) is 3.35. The zero-order valence-corrected chi connectivity index (χ0v) is 14.5. The van der Waals surface area contributed by atoms with E-state index in [9.17, 15) is 4.39 Å². The van der Waals surface area contributed by atoms with Gasteiger partial charge in [0, 0.05) is 18.2 Å². The van der Waals surface area contributed by atoms with Gasteiger partial charge in [-0.1, -0.05) is 0 Å². The van der Waals surface area contributed by atoms with Crippen molar-refractivity contribution in [2.45, 2.75) is 31.8 Å². The molecule has 4 rings (SSSR count). The SMILES string of the molecule is C[C@@H](N)COc1ncc(F)cc1C1CCCN1c1ccc2[nH]cnc2n1. The van der Waals surface area contributed by atoms with Crippen LogP contribution in [0.2, 0.25) is 0 Å². The van der Waals surface area contributed by atoms with E-state index >= 15 is 0 Å². The summed E-state index contributed by atoms with van der Waals surface area (Å²) in [5.41, 5.74) is 8.06. The number of hydrogen-bond acceptors (Lipinski definition) is 6. The number of anilines is 1. The van der Waals surface area contributed by atoms with Crippen molar-refractivity contribution >= 4 is 17.0 Å². The molecular weight excluding hydrogens is 335 g/mol. The van der Waals surface area contributed by atoms with Gasteiger partial charge >= 0.3 is 0 Å². The van der Waals surface area contributed by atoms with Gasteiger partial charge in [0.1, 0.15) is 18.2 Å². The Labute approximate surface area is 150 Å². The fourth-order valence-electron chi connectivity index (χ4n) is 3.35. The molecule has 0 bridgehead atoms. The number of aromatic nitrogens is 4. The molecule has 0 aromatic carbocycles. The van der Waals surface area contributed by atoms with E-state index in [2.05, 4.69) is 24.8 Å². The molecule has 136 valence electrons. The van der Waals surface area contributed by atoms with E-state index in [0.29, 0.717) is 18.1 Å². The molecule has 0 radical (unpaired) electrons. The van der Waals surface area contributed by atoms with Crippen LogP contribution in [0.1, 0.15) is 31.4 Å². The molecule has 8 heteroatoms. The lowest BCUT2D eigenvalue weighted by Gasteiger charge is -2.27. The predicted molar refractivity (Wildman–Crippen MR) is 96.5 cm³/mol. The van der Waals surface area contributed by atoms with Crippen LogP contribution >= 0.6 is 0 Å². The fraction of sp³-hybridized carbons (Fsp3) is 0.389. The Hall–Kier alpha value is -2.74. The highest BCUT2D eigenvalue weighted by molar-refractivity contribution is 5.72. The number of imidazole rings is 1. The maximum atomic E-state index is 13.9. The largest absolute Gasteiger partial charge is 0.476 e. The maximum absolute atomic E-state index is 13.9. The highest BCUT2D eigenvalue weighted by atomic mass is 19.1. The van der Waals surface area contributed by atoms with Crippen LogP contribution in [-0.2, 0) is 0 Å². The summed E-state index contributed by atoms with van der Waals surface area (Å²) in [6, 6.07) is 5.23. The summed E-state index contributed by atoms with van der Waals surface area (Å²) >= 11 is 0. The van der Waals surface area contributed by atoms with Gasteiger partial charge in [0.05, 0.1) is 24.1 Å². The number of hydrogen-bond donors (Lipinski definition) is 2. The smallest absolute Gasteiger partial charge is 0.218 e. The first-order chi connectivity index (χ1) is 12.6. The van der Waals surface area contributed by atoms with Crippen LogP contribution in [0.25, 0.3) is 11.2 Å². The van der Waals surface area contributed by atoms with Gasteiger partial charge in [0.25, 0.3) is 0 Å². The van der Waals surface area contributed by atoms with E-state index in [4.69, 9.17) is 10.5 Å². The van der Waals surface area contributed by atoms with Crippen LogP contribution in [0.15, 0.2) is 30.7 Å². The number of nitrogens with zero attached hydrogens (tertiary/aromatic N) is 4. The van der Waals surface area contributed by atoms with Crippen LogP contribution in [0.4, 0.5) is 10.2 Å². The molecule has 0 amide bonds. The van der Waals surface area contributed by atoms with E-state index in [1.807, 2.05) is 19.1 Å². The van der Waals surface area contributed by atoms with Gasteiger partial charge in [-0.15, -0.1) is 0 Å². The van der Waals surface area contributed by atoms with Gasteiger partial charge < -0.3 is 20.4 Å². The van der Waals surface area contributed by atoms with E-state index in [-0.39, 0.29) is 17.9 Å². The lowest BCUT2D eigenvalue weighted by molar-refractivity contribution is 0.279. The Morgan fingerprint density at radius 2 is 2.31 bits per heavy atom. The van der Waals surface area contributed by atoms with Gasteiger partial charge in [-0.3, -0.25) is 0 Å². The van der Waals surface area contributed by atoms with Crippen molar-refractivity contribution in [3.05, 3.63) is 42.1 Å². The maximum Gasteiger partial charge on any atom is 0.218 e. The first kappa shape index (κ1) is 16.7. The van der Waals surface area contributed by atoms with Crippen LogP contribution in [0.5, 0.6) is 5.88 Å². The van der Waals surface area contributed by atoms with E-state index in [1.54, 1.807) is 6.33 Å². The number of nitrogens with one attached hydrogen (secondary N) is 1. The Bertz CT molecular complexity index is 912. The number of ether oxygens (including phenoxy) is 1. The van der Waals surface area contributed by atoms with Gasteiger partial charge in [0.2, 0.25) is 5.88 Å². The summed E-state index contributed by atoms with van der Waals surface area (Å²) in [6.07, 6.45) is 4.65.